The van der Waals surface area contributed by atoms with Crippen molar-refractivity contribution >= 4 is 50.1 Å². The Hall–Kier alpha value is -6.39. The summed E-state index contributed by atoms with van der Waals surface area (Å²) in [6.45, 7) is 0. The molecular formula is C43H28N2O2. The van der Waals surface area contributed by atoms with Gasteiger partial charge in [0, 0.05) is 33.8 Å². The molecule has 0 fully saturated rings. The Morgan fingerprint density at radius 1 is 0.404 bits per heavy atom. The van der Waals surface area contributed by atoms with Gasteiger partial charge in [-0.2, -0.15) is 0 Å². The van der Waals surface area contributed by atoms with Gasteiger partial charge in [-0.3, -0.25) is 0 Å². The van der Waals surface area contributed by atoms with Crippen LogP contribution in [0.4, 0.5) is 17.1 Å². The van der Waals surface area contributed by atoms with Crippen LogP contribution in [0.1, 0.15) is 0 Å². The number of benzene rings is 7. The molecule has 0 aliphatic carbocycles. The number of hydrogen-bond donors (Lipinski definition) is 0. The van der Waals surface area contributed by atoms with E-state index in [4.69, 9.17) is 13.8 Å². The van der Waals surface area contributed by atoms with E-state index in [0.29, 0.717) is 11.5 Å². The maximum absolute atomic E-state index is 6.69. The average Bonchev–Trinajstić information content (AvgIpc) is 3.73. The van der Waals surface area contributed by atoms with Gasteiger partial charge in [-0.1, -0.05) is 115 Å². The molecular weight excluding hydrogens is 576 g/mol. The number of anilines is 3. The lowest BCUT2D eigenvalue weighted by Gasteiger charge is -2.26. The molecule has 4 heteroatoms. The van der Waals surface area contributed by atoms with Gasteiger partial charge in [0.2, 0.25) is 5.89 Å². The predicted molar refractivity (Wildman–Crippen MR) is 192 cm³/mol. The fourth-order valence-electron chi connectivity index (χ4n) is 6.38. The van der Waals surface area contributed by atoms with Crippen molar-refractivity contribution in [2.24, 2.45) is 0 Å². The van der Waals surface area contributed by atoms with Crippen LogP contribution in [0.25, 0.3) is 66.7 Å². The lowest BCUT2D eigenvalue weighted by atomic mass is 10.0. The monoisotopic (exact) mass is 604 g/mol. The molecule has 0 radical (unpaired) electrons. The van der Waals surface area contributed by atoms with Crippen molar-refractivity contribution in [2.75, 3.05) is 4.90 Å². The zero-order chi connectivity index (χ0) is 31.2. The van der Waals surface area contributed by atoms with E-state index < -0.39 is 0 Å². The van der Waals surface area contributed by atoms with Crippen LogP contribution >= 0.6 is 0 Å². The molecule has 2 aromatic heterocycles. The number of para-hydroxylation sites is 1. The topological polar surface area (TPSA) is 42.4 Å². The lowest BCUT2D eigenvalue weighted by molar-refractivity contribution is 0.617. The van der Waals surface area contributed by atoms with Crippen LogP contribution in [0, 0.1) is 0 Å². The van der Waals surface area contributed by atoms with Crippen molar-refractivity contribution in [3.63, 3.8) is 0 Å². The molecule has 47 heavy (non-hydrogen) atoms. The Labute approximate surface area is 271 Å². The zero-order valence-corrected chi connectivity index (χ0v) is 25.4. The first kappa shape index (κ1) is 27.0. The van der Waals surface area contributed by atoms with Gasteiger partial charge in [-0.25, -0.2) is 4.98 Å². The summed E-state index contributed by atoms with van der Waals surface area (Å²) in [6.07, 6.45) is 0. The molecule has 9 rings (SSSR count). The summed E-state index contributed by atoms with van der Waals surface area (Å²) >= 11 is 0. The van der Waals surface area contributed by atoms with Crippen LogP contribution in [0.3, 0.4) is 0 Å². The number of oxazole rings is 1. The number of hydrogen-bond acceptors (Lipinski definition) is 4. The van der Waals surface area contributed by atoms with Crippen molar-refractivity contribution in [1.82, 2.24) is 4.98 Å². The quantitative estimate of drug-likeness (QED) is 0.189. The highest BCUT2D eigenvalue weighted by atomic mass is 16.4. The van der Waals surface area contributed by atoms with E-state index in [1.54, 1.807) is 0 Å². The SMILES string of the molecule is c1ccc(-c2ccc(N(c3ccc(-c4ccccc4)cc3)c3cccc4c3oc3cc5oc(-c6ccccc6)nc5cc34)cc2)cc1. The van der Waals surface area contributed by atoms with E-state index in [2.05, 4.69) is 126 Å². The van der Waals surface area contributed by atoms with E-state index in [1.807, 2.05) is 48.5 Å². The maximum atomic E-state index is 6.69. The van der Waals surface area contributed by atoms with E-state index >= 15 is 0 Å². The number of furan rings is 1. The Balaban J connectivity index is 1.19. The van der Waals surface area contributed by atoms with Crippen LogP contribution in [-0.2, 0) is 0 Å². The third kappa shape index (κ3) is 4.84. The van der Waals surface area contributed by atoms with Gasteiger partial charge in [0.15, 0.2) is 11.2 Å². The van der Waals surface area contributed by atoms with Crippen molar-refractivity contribution in [3.8, 4) is 33.7 Å². The molecule has 7 aromatic carbocycles. The minimum absolute atomic E-state index is 0.599. The molecule has 4 nitrogen and oxygen atoms in total. The number of nitrogens with zero attached hydrogens (tertiary/aromatic N) is 2. The molecule has 0 spiro atoms. The van der Waals surface area contributed by atoms with Crippen LogP contribution in [0.15, 0.2) is 179 Å². The molecule has 0 N–H and O–H groups in total. The first-order valence-electron chi connectivity index (χ1n) is 15.7. The second-order valence-electron chi connectivity index (χ2n) is 11.6. The average molecular weight is 605 g/mol. The van der Waals surface area contributed by atoms with Gasteiger partial charge in [0.25, 0.3) is 0 Å². The van der Waals surface area contributed by atoms with Crippen LogP contribution < -0.4 is 4.90 Å². The van der Waals surface area contributed by atoms with E-state index in [1.165, 1.54) is 22.3 Å². The van der Waals surface area contributed by atoms with Gasteiger partial charge in [-0.05, 0) is 70.8 Å². The number of rotatable bonds is 6. The molecule has 0 amide bonds. The Kier molecular flexibility index (Phi) is 6.43. The smallest absolute Gasteiger partial charge is 0.227 e. The summed E-state index contributed by atoms with van der Waals surface area (Å²) in [4.78, 5) is 7.09. The van der Waals surface area contributed by atoms with Gasteiger partial charge in [0.05, 0.1) is 5.69 Å². The summed E-state index contributed by atoms with van der Waals surface area (Å²) < 4.78 is 12.9. The molecule has 222 valence electrons. The second kappa shape index (κ2) is 11.2. The lowest BCUT2D eigenvalue weighted by Crippen LogP contribution is -2.10. The summed E-state index contributed by atoms with van der Waals surface area (Å²) in [5, 5.41) is 2.02. The number of aromatic nitrogens is 1. The molecule has 0 aliphatic heterocycles. The fraction of sp³-hybridized carbons (Fsp3) is 0. The van der Waals surface area contributed by atoms with E-state index in [0.717, 1.165) is 50.1 Å². The van der Waals surface area contributed by atoms with Crippen LogP contribution in [-0.4, -0.2) is 4.98 Å². The molecule has 2 heterocycles. The molecule has 0 atom stereocenters. The van der Waals surface area contributed by atoms with E-state index in [-0.39, 0.29) is 0 Å². The Bertz CT molecular complexity index is 2400. The largest absolute Gasteiger partial charge is 0.454 e. The summed E-state index contributed by atoms with van der Waals surface area (Å²) in [5.41, 5.74) is 11.7. The maximum Gasteiger partial charge on any atom is 0.227 e. The first-order valence-corrected chi connectivity index (χ1v) is 15.7. The molecule has 0 saturated carbocycles. The van der Waals surface area contributed by atoms with Gasteiger partial charge >= 0.3 is 0 Å². The number of fused-ring (bicyclic) bond motifs is 4. The van der Waals surface area contributed by atoms with Crippen molar-refractivity contribution in [1.29, 1.82) is 0 Å². The zero-order valence-electron chi connectivity index (χ0n) is 25.4. The van der Waals surface area contributed by atoms with Gasteiger partial charge in [-0.15, -0.1) is 0 Å². The second-order valence-corrected chi connectivity index (χ2v) is 11.6. The first-order chi connectivity index (χ1) is 23.3. The van der Waals surface area contributed by atoms with E-state index in [9.17, 15) is 0 Å². The highest BCUT2D eigenvalue weighted by Gasteiger charge is 2.21. The molecule has 0 saturated heterocycles. The third-order valence-corrected chi connectivity index (χ3v) is 8.71. The van der Waals surface area contributed by atoms with Crippen LogP contribution in [0.2, 0.25) is 0 Å². The third-order valence-electron chi connectivity index (χ3n) is 8.71. The minimum Gasteiger partial charge on any atom is -0.454 e. The minimum atomic E-state index is 0.599. The highest BCUT2D eigenvalue weighted by Crippen LogP contribution is 2.43. The van der Waals surface area contributed by atoms with Crippen molar-refractivity contribution < 1.29 is 8.83 Å². The Morgan fingerprint density at radius 3 is 1.51 bits per heavy atom. The molecule has 0 unspecified atom stereocenters. The molecule has 0 aliphatic rings. The van der Waals surface area contributed by atoms with Crippen molar-refractivity contribution in [2.45, 2.75) is 0 Å². The fourth-order valence-corrected chi connectivity index (χ4v) is 6.38. The standard InChI is InChI=1S/C43H28N2O2/c1-4-11-29(12-5-1)31-19-23-34(24-20-31)45(35-25-21-32(22-26-35)30-13-6-2-7-14-30)39-18-10-17-36-37-27-38-41(28-40(37)46-42(36)39)47-43(44-38)33-15-8-3-9-16-33/h1-28H. The predicted octanol–water partition coefficient (Wildman–Crippen LogP) is 12.2. The highest BCUT2D eigenvalue weighted by molar-refractivity contribution is 6.13. The van der Waals surface area contributed by atoms with Gasteiger partial charge < -0.3 is 13.7 Å². The summed E-state index contributed by atoms with van der Waals surface area (Å²) in [6, 6.07) is 58.7. The molecule has 9 aromatic rings. The summed E-state index contributed by atoms with van der Waals surface area (Å²) in [7, 11) is 0. The van der Waals surface area contributed by atoms with Crippen molar-refractivity contribution in [3.05, 3.63) is 170 Å². The van der Waals surface area contributed by atoms with Gasteiger partial charge in [0.1, 0.15) is 11.1 Å². The molecule has 0 bridgehead atoms. The van der Waals surface area contributed by atoms with Crippen LogP contribution in [0.5, 0.6) is 0 Å². The summed E-state index contributed by atoms with van der Waals surface area (Å²) in [5.74, 6) is 0.599. The Morgan fingerprint density at radius 2 is 0.936 bits per heavy atom. The normalized spacial score (nSPS) is 11.4.